The molecular formula is C14H17NO2. The summed E-state index contributed by atoms with van der Waals surface area (Å²) < 4.78 is 7.20. The van der Waals surface area contributed by atoms with E-state index in [-0.39, 0.29) is 0 Å². The van der Waals surface area contributed by atoms with Gasteiger partial charge in [-0.25, -0.2) is 0 Å². The third-order valence-electron chi connectivity index (χ3n) is 2.94. The normalized spacial score (nSPS) is 12.5. The van der Waals surface area contributed by atoms with Gasteiger partial charge in [0, 0.05) is 18.8 Å². The van der Waals surface area contributed by atoms with Crippen LogP contribution in [0, 0.1) is 6.92 Å². The van der Waals surface area contributed by atoms with E-state index in [2.05, 4.69) is 0 Å². The van der Waals surface area contributed by atoms with Crippen molar-refractivity contribution in [3.63, 3.8) is 0 Å². The van der Waals surface area contributed by atoms with Gasteiger partial charge in [-0.15, -0.1) is 0 Å². The number of aromatic nitrogens is 1. The SMILES string of the molecule is COc1ccc(C)cc1[C@H](O)c1cccn1C. The van der Waals surface area contributed by atoms with Gasteiger partial charge in [-0.3, -0.25) is 0 Å². The number of nitrogens with zero attached hydrogens (tertiary/aromatic N) is 1. The van der Waals surface area contributed by atoms with Crippen LogP contribution in [0.15, 0.2) is 36.5 Å². The number of hydrogen-bond acceptors (Lipinski definition) is 2. The van der Waals surface area contributed by atoms with Crippen molar-refractivity contribution in [3.8, 4) is 5.75 Å². The summed E-state index contributed by atoms with van der Waals surface area (Å²) >= 11 is 0. The maximum Gasteiger partial charge on any atom is 0.125 e. The van der Waals surface area contributed by atoms with Crippen LogP contribution in [0.5, 0.6) is 5.75 Å². The lowest BCUT2D eigenvalue weighted by molar-refractivity contribution is 0.206. The molecule has 1 aromatic carbocycles. The lowest BCUT2D eigenvalue weighted by Crippen LogP contribution is -2.07. The van der Waals surface area contributed by atoms with Crippen molar-refractivity contribution in [2.24, 2.45) is 7.05 Å². The Morgan fingerprint density at radius 1 is 1.29 bits per heavy atom. The van der Waals surface area contributed by atoms with Gasteiger partial charge in [-0.1, -0.05) is 11.6 Å². The second-order valence-corrected chi connectivity index (χ2v) is 4.19. The van der Waals surface area contributed by atoms with Crippen molar-refractivity contribution in [1.29, 1.82) is 0 Å². The fourth-order valence-electron chi connectivity index (χ4n) is 1.99. The van der Waals surface area contributed by atoms with Crippen LogP contribution in [-0.2, 0) is 7.05 Å². The van der Waals surface area contributed by atoms with Crippen molar-refractivity contribution in [3.05, 3.63) is 53.3 Å². The lowest BCUT2D eigenvalue weighted by Gasteiger charge is -2.16. The molecule has 0 fully saturated rings. The summed E-state index contributed by atoms with van der Waals surface area (Å²) in [6, 6.07) is 9.64. The number of hydrogen-bond donors (Lipinski definition) is 1. The first kappa shape index (κ1) is 11.7. The topological polar surface area (TPSA) is 34.4 Å². The zero-order valence-corrected chi connectivity index (χ0v) is 10.3. The molecule has 0 aliphatic heterocycles. The number of aryl methyl sites for hydroxylation is 2. The molecule has 3 nitrogen and oxygen atoms in total. The molecule has 0 aliphatic rings. The number of aliphatic hydroxyl groups excluding tert-OH is 1. The maximum absolute atomic E-state index is 10.4. The average molecular weight is 231 g/mol. The molecule has 2 rings (SSSR count). The number of benzene rings is 1. The fourth-order valence-corrected chi connectivity index (χ4v) is 1.99. The molecule has 0 radical (unpaired) electrons. The van der Waals surface area contributed by atoms with Crippen LogP contribution < -0.4 is 4.74 Å². The number of ether oxygens (including phenoxy) is 1. The summed E-state index contributed by atoms with van der Waals surface area (Å²) in [5, 5.41) is 10.4. The van der Waals surface area contributed by atoms with Crippen LogP contribution in [0.4, 0.5) is 0 Å². The molecule has 1 N–H and O–H groups in total. The Hall–Kier alpha value is -1.74. The fraction of sp³-hybridized carbons (Fsp3) is 0.286. The van der Waals surface area contributed by atoms with Crippen LogP contribution in [0.1, 0.15) is 22.9 Å². The minimum atomic E-state index is -0.662. The molecule has 0 bridgehead atoms. The third-order valence-corrected chi connectivity index (χ3v) is 2.94. The van der Waals surface area contributed by atoms with E-state index in [1.807, 2.05) is 55.1 Å². The Bertz CT molecular complexity index is 517. The van der Waals surface area contributed by atoms with E-state index >= 15 is 0 Å². The molecule has 1 aromatic heterocycles. The molecule has 0 spiro atoms. The first-order valence-electron chi connectivity index (χ1n) is 5.57. The van der Waals surface area contributed by atoms with E-state index in [1.165, 1.54) is 0 Å². The van der Waals surface area contributed by atoms with Crippen molar-refractivity contribution < 1.29 is 9.84 Å². The van der Waals surface area contributed by atoms with E-state index in [4.69, 9.17) is 4.74 Å². The van der Waals surface area contributed by atoms with Crippen LogP contribution in [0.3, 0.4) is 0 Å². The minimum Gasteiger partial charge on any atom is -0.496 e. The first-order chi connectivity index (χ1) is 8.13. The van der Waals surface area contributed by atoms with E-state index in [0.717, 1.165) is 16.8 Å². The highest BCUT2D eigenvalue weighted by atomic mass is 16.5. The summed E-state index contributed by atoms with van der Waals surface area (Å²) in [6.45, 7) is 2.00. The van der Waals surface area contributed by atoms with Gasteiger partial charge in [-0.05, 0) is 31.2 Å². The van der Waals surface area contributed by atoms with Crippen molar-refractivity contribution >= 4 is 0 Å². The minimum absolute atomic E-state index is 0.662. The number of methoxy groups -OCH3 is 1. The van der Waals surface area contributed by atoms with Crippen molar-refractivity contribution in [1.82, 2.24) is 4.57 Å². The Kier molecular flexibility index (Phi) is 3.20. The van der Waals surface area contributed by atoms with E-state index in [1.54, 1.807) is 7.11 Å². The molecule has 0 unspecified atom stereocenters. The molecule has 3 heteroatoms. The highest BCUT2D eigenvalue weighted by Gasteiger charge is 2.17. The quantitative estimate of drug-likeness (QED) is 0.880. The standard InChI is InChI=1S/C14H17NO2/c1-10-6-7-13(17-3)11(9-10)14(16)12-5-4-8-15(12)2/h4-9,14,16H,1-3H3/t14-/m0/s1. The van der Waals surface area contributed by atoms with E-state index in [9.17, 15) is 5.11 Å². The molecule has 1 atom stereocenters. The van der Waals surface area contributed by atoms with Crippen molar-refractivity contribution in [2.45, 2.75) is 13.0 Å². The van der Waals surface area contributed by atoms with Crippen molar-refractivity contribution in [2.75, 3.05) is 7.11 Å². The molecule has 0 amide bonds. The Morgan fingerprint density at radius 2 is 2.06 bits per heavy atom. The Labute approximate surface area is 101 Å². The van der Waals surface area contributed by atoms with E-state index < -0.39 is 6.10 Å². The summed E-state index contributed by atoms with van der Waals surface area (Å²) in [7, 11) is 3.53. The van der Waals surface area contributed by atoms with E-state index in [0.29, 0.717) is 5.75 Å². The predicted molar refractivity (Wildman–Crippen MR) is 67.2 cm³/mol. The smallest absolute Gasteiger partial charge is 0.125 e. The molecule has 1 heterocycles. The number of aliphatic hydroxyl groups is 1. The predicted octanol–water partition coefficient (Wildman–Crippen LogP) is 2.42. The van der Waals surface area contributed by atoms with Gasteiger partial charge in [0.2, 0.25) is 0 Å². The molecule has 90 valence electrons. The van der Waals surface area contributed by atoms with Gasteiger partial charge < -0.3 is 14.4 Å². The molecule has 0 saturated heterocycles. The lowest BCUT2D eigenvalue weighted by atomic mass is 10.0. The first-order valence-corrected chi connectivity index (χ1v) is 5.57. The summed E-state index contributed by atoms with van der Waals surface area (Å²) in [5.41, 5.74) is 2.76. The zero-order chi connectivity index (χ0) is 12.4. The maximum atomic E-state index is 10.4. The third kappa shape index (κ3) is 2.19. The molecule has 0 aliphatic carbocycles. The summed E-state index contributed by atoms with van der Waals surface area (Å²) in [5.74, 6) is 0.712. The highest BCUT2D eigenvalue weighted by molar-refractivity contribution is 5.41. The van der Waals surface area contributed by atoms with Gasteiger partial charge in [0.1, 0.15) is 11.9 Å². The molecule has 17 heavy (non-hydrogen) atoms. The average Bonchev–Trinajstić information content (AvgIpc) is 2.74. The van der Waals surface area contributed by atoms with Crippen LogP contribution in [0.25, 0.3) is 0 Å². The van der Waals surface area contributed by atoms with Gasteiger partial charge in [0.25, 0.3) is 0 Å². The van der Waals surface area contributed by atoms with Crippen LogP contribution in [0.2, 0.25) is 0 Å². The van der Waals surface area contributed by atoms with Crippen LogP contribution >= 0.6 is 0 Å². The Balaban J connectivity index is 2.46. The number of rotatable bonds is 3. The molecule has 2 aromatic rings. The second kappa shape index (κ2) is 4.63. The molecular weight excluding hydrogens is 214 g/mol. The monoisotopic (exact) mass is 231 g/mol. The van der Waals surface area contributed by atoms with Gasteiger partial charge in [0.15, 0.2) is 0 Å². The Morgan fingerprint density at radius 3 is 2.65 bits per heavy atom. The van der Waals surface area contributed by atoms with Crippen LogP contribution in [-0.4, -0.2) is 16.8 Å². The largest absolute Gasteiger partial charge is 0.496 e. The zero-order valence-electron chi connectivity index (χ0n) is 10.3. The molecule has 0 saturated carbocycles. The van der Waals surface area contributed by atoms with Gasteiger partial charge in [0.05, 0.1) is 12.8 Å². The van der Waals surface area contributed by atoms with Gasteiger partial charge in [-0.2, -0.15) is 0 Å². The second-order valence-electron chi connectivity index (χ2n) is 4.19. The highest BCUT2D eigenvalue weighted by Crippen LogP contribution is 2.30. The summed E-state index contributed by atoms with van der Waals surface area (Å²) in [6.07, 6.45) is 1.26. The summed E-state index contributed by atoms with van der Waals surface area (Å²) in [4.78, 5) is 0. The van der Waals surface area contributed by atoms with Gasteiger partial charge >= 0.3 is 0 Å².